The van der Waals surface area contributed by atoms with Crippen LogP contribution >= 0.6 is 12.4 Å². The monoisotopic (exact) mass is 375 g/mol. The number of piperidine rings is 1. The van der Waals surface area contributed by atoms with E-state index in [1.807, 2.05) is 11.9 Å². The van der Waals surface area contributed by atoms with Gasteiger partial charge < -0.3 is 10.2 Å². The zero-order valence-electron chi connectivity index (χ0n) is 14.3. The smallest absolute Gasteiger partial charge is 0.253 e. The Bertz CT molecular complexity index is 705. The van der Waals surface area contributed by atoms with Gasteiger partial charge in [0.05, 0.1) is 4.90 Å². The summed E-state index contributed by atoms with van der Waals surface area (Å²) in [6.07, 6.45) is 2.06. The average molecular weight is 376 g/mol. The Morgan fingerprint density at radius 3 is 2.62 bits per heavy atom. The molecule has 6 nitrogen and oxygen atoms in total. The van der Waals surface area contributed by atoms with Crippen LogP contribution < -0.4 is 10.5 Å². The molecule has 1 heterocycles. The lowest BCUT2D eigenvalue weighted by molar-refractivity contribution is 0.0674. The van der Waals surface area contributed by atoms with Gasteiger partial charge in [0.2, 0.25) is 10.0 Å². The summed E-state index contributed by atoms with van der Waals surface area (Å²) in [6.45, 7) is 5.76. The number of nitrogens with two attached hydrogens (primary N) is 1. The Hall–Kier alpha value is -1.15. The Kier molecular flexibility index (Phi) is 7.22. The summed E-state index contributed by atoms with van der Waals surface area (Å²) >= 11 is 0. The van der Waals surface area contributed by atoms with E-state index in [0.29, 0.717) is 30.1 Å². The molecule has 0 bridgehead atoms. The molecule has 3 N–H and O–H groups in total. The first kappa shape index (κ1) is 20.9. The summed E-state index contributed by atoms with van der Waals surface area (Å²) in [5, 5.41) is 8.42. The van der Waals surface area contributed by atoms with Gasteiger partial charge in [-0.15, -0.1) is 12.4 Å². The Labute approximate surface area is 150 Å². The normalized spacial score (nSPS) is 18.2. The number of likely N-dealkylation sites (tertiary alicyclic amines) is 1. The van der Waals surface area contributed by atoms with Crippen molar-refractivity contribution in [3.63, 3.8) is 0 Å². The fourth-order valence-electron chi connectivity index (χ4n) is 3.13. The molecular weight excluding hydrogens is 350 g/mol. The van der Waals surface area contributed by atoms with Crippen LogP contribution in [0.15, 0.2) is 17.0 Å². The highest BCUT2D eigenvalue weighted by Crippen LogP contribution is 2.23. The van der Waals surface area contributed by atoms with Crippen molar-refractivity contribution in [1.82, 2.24) is 10.2 Å². The van der Waals surface area contributed by atoms with Crippen LogP contribution in [0.4, 0.5) is 0 Å². The van der Waals surface area contributed by atoms with Crippen LogP contribution in [0.5, 0.6) is 0 Å². The SMILES string of the molecule is CNCC1CCCN(C(=O)c2cc(C)c(C)c(S(N)(=O)=O)c2)C1.Cl. The van der Waals surface area contributed by atoms with E-state index < -0.39 is 10.0 Å². The molecule has 1 fully saturated rings. The highest BCUT2D eigenvalue weighted by atomic mass is 35.5. The number of nitrogens with zero attached hydrogens (tertiary/aromatic N) is 1. The number of benzene rings is 1. The van der Waals surface area contributed by atoms with E-state index in [1.54, 1.807) is 19.9 Å². The number of hydrogen-bond donors (Lipinski definition) is 2. The van der Waals surface area contributed by atoms with Crippen LogP contribution in [-0.4, -0.2) is 45.9 Å². The van der Waals surface area contributed by atoms with Gasteiger partial charge in [-0.05, 0) is 69.5 Å². The maximum atomic E-state index is 12.8. The number of hydrogen-bond acceptors (Lipinski definition) is 4. The molecule has 136 valence electrons. The lowest BCUT2D eigenvalue weighted by Gasteiger charge is -2.33. The van der Waals surface area contributed by atoms with E-state index in [1.165, 1.54) is 6.07 Å². The average Bonchev–Trinajstić information content (AvgIpc) is 2.48. The van der Waals surface area contributed by atoms with Gasteiger partial charge in [-0.2, -0.15) is 0 Å². The van der Waals surface area contributed by atoms with E-state index >= 15 is 0 Å². The fourth-order valence-corrected chi connectivity index (χ4v) is 4.01. The molecular formula is C16H26ClN3O3S. The van der Waals surface area contributed by atoms with Crippen molar-refractivity contribution in [3.8, 4) is 0 Å². The molecule has 1 saturated heterocycles. The van der Waals surface area contributed by atoms with E-state index in [4.69, 9.17) is 5.14 Å². The Morgan fingerprint density at radius 1 is 1.38 bits per heavy atom. The fraction of sp³-hybridized carbons (Fsp3) is 0.562. The molecule has 0 radical (unpaired) electrons. The molecule has 1 unspecified atom stereocenters. The van der Waals surface area contributed by atoms with Gasteiger partial charge >= 0.3 is 0 Å². The van der Waals surface area contributed by atoms with Crippen molar-refractivity contribution in [2.75, 3.05) is 26.7 Å². The number of sulfonamides is 1. The largest absolute Gasteiger partial charge is 0.338 e. The molecule has 1 aliphatic heterocycles. The maximum absolute atomic E-state index is 12.8. The highest BCUT2D eigenvalue weighted by molar-refractivity contribution is 7.89. The van der Waals surface area contributed by atoms with E-state index in [2.05, 4.69) is 5.32 Å². The molecule has 1 aromatic rings. The van der Waals surface area contributed by atoms with E-state index in [0.717, 1.165) is 24.9 Å². The van der Waals surface area contributed by atoms with Gasteiger partial charge in [-0.1, -0.05) is 0 Å². The third-order valence-corrected chi connectivity index (χ3v) is 5.51. The zero-order valence-corrected chi connectivity index (χ0v) is 16.0. The van der Waals surface area contributed by atoms with Crippen LogP contribution in [0, 0.1) is 19.8 Å². The zero-order chi connectivity index (χ0) is 17.2. The predicted molar refractivity (Wildman–Crippen MR) is 97.1 cm³/mol. The van der Waals surface area contributed by atoms with Crippen molar-refractivity contribution in [3.05, 3.63) is 28.8 Å². The minimum absolute atomic E-state index is 0. The van der Waals surface area contributed by atoms with Gasteiger partial charge in [0.15, 0.2) is 0 Å². The summed E-state index contributed by atoms with van der Waals surface area (Å²) in [7, 11) is -1.94. The van der Waals surface area contributed by atoms with Crippen LogP contribution in [-0.2, 0) is 10.0 Å². The molecule has 0 saturated carbocycles. The van der Waals surface area contributed by atoms with Gasteiger partial charge in [0, 0.05) is 18.7 Å². The highest BCUT2D eigenvalue weighted by Gasteiger charge is 2.25. The van der Waals surface area contributed by atoms with Crippen LogP contribution in [0.1, 0.15) is 34.3 Å². The van der Waals surface area contributed by atoms with Crippen molar-refractivity contribution in [1.29, 1.82) is 0 Å². The molecule has 1 aromatic carbocycles. The van der Waals surface area contributed by atoms with Gasteiger partial charge in [0.1, 0.15) is 0 Å². The van der Waals surface area contributed by atoms with E-state index in [9.17, 15) is 13.2 Å². The second kappa shape index (κ2) is 8.29. The topological polar surface area (TPSA) is 92.5 Å². The summed E-state index contributed by atoms with van der Waals surface area (Å²) in [5.41, 5.74) is 1.74. The molecule has 0 aromatic heterocycles. The number of primary sulfonamides is 1. The molecule has 1 amide bonds. The third kappa shape index (κ3) is 4.69. The first-order valence-corrected chi connectivity index (χ1v) is 9.36. The first-order valence-electron chi connectivity index (χ1n) is 7.82. The summed E-state index contributed by atoms with van der Waals surface area (Å²) in [6, 6.07) is 3.15. The number of halogens is 1. The molecule has 0 aliphatic carbocycles. The second-order valence-corrected chi connectivity index (χ2v) is 7.81. The van der Waals surface area contributed by atoms with Crippen molar-refractivity contribution < 1.29 is 13.2 Å². The number of carbonyl (C=O) groups is 1. The second-order valence-electron chi connectivity index (χ2n) is 6.28. The number of carbonyl (C=O) groups excluding carboxylic acids is 1. The number of nitrogens with one attached hydrogen (secondary N) is 1. The van der Waals surface area contributed by atoms with Crippen LogP contribution in [0.25, 0.3) is 0 Å². The molecule has 24 heavy (non-hydrogen) atoms. The van der Waals surface area contributed by atoms with Crippen molar-refractivity contribution in [2.45, 2.75) is 31.6 Å². The predicted octanol–water partition coefficient (Wildman–Crippen LogP) is 1.44. The van der Waals surface area contributed by atoms with Crippen molar-refractivity contribution in [2.24, 2.45) is 11.1 Å². The molecule has 1 atom stereocenters. The summed E-state index contributed by atoms with van der Waals surface area (Å²) < 4.78 is 23.5. The van der Waals surface area contributed by atoms with Crippen LogP contribution in [0.3, 0.4) is 0 Å². The molecule has 0 spiro atoms. The van der Waals surface area contributed by atoms with E-state index in [-0.39, 0.29) is 23.2 Å². The van der Waals surface area contributed by atoms with Crippen LogP contribution in [0.2, 0.25) is 0 Å². The lowest BCUT2D eigenvalue weighted by Crippen LogP contribution is -2.42. The maximum Gasteiger partial charge on any atom is 0.253 e. The number of aryl methyl sites for hydroxylation is 1. The number of rotatable bonds is 4. The minimum Gasteiger partial charge on any atom is -0.338 e. The molecule has 2 rings (SSSR count). The Balaban J connectivity index is 0.00000288. The molecule has 1 aliphatic rings. The summed E-state index contributed by atoms with van der Waals surface area (Å²) in [5.74, 6) is 0.306. The lowest BCUT2D eigenvalue weighted by atomic mass is 9.97. The van der Waals surface area contributed by atoms with Gasteiger partial charge in [0.25, 0.3) is 5.91 Å². The standard InChI is InChI=1S/C16H25N3O3S.ClH/c1-11-7-14(8-15(12(11)2)23(17,21)22)16(20)19-6-4-5-13(10-19)9-18-3;/h7-8,13,18H,4-6,9-10H2,1-3H3,(H2,17,21,22);1H. The third-order valence-electron chi connectivity index (χ3n) is 4.47. The minimum atomic E-state index is -3.84. The van der Waals surface area contributed by atoms with Crippen molar-refractivity contribution >= 4 is 28.3 Å². The molecule has 8 heteroatoms. The summed E-state index contributed by atoms with van der Waals surface area (Å²) in [4.78, 5) is 14.6. The quantitative estimate of drug-likeness (QED) is 0.832. The first-order chi connectivity index (χ1) is 10.7. The van der Waals surface area contributed by atoms with Gasteiger partial charge in [-0.25, -0.2) is 13.6 Å². The Morgan fingerprint density at radius 2 is 2.04 bits per heavy atom. The van der Waals surface area contributed by atoms with Gasteiger partial charge in [-0.3, -0.25) is 4.79 Å². The number of amides is 1.